The topological polar surface area (TPSA) is 63.6 Å². The average molecular weight is 291 g/mol. The van der Waals surface area contributed by atoms with E-state index in [4.69, 9.17) is 4.74 Å². The Morgan fingerprint density at radius 2 is 2.10 bits per heavy atom. The highest BCUT2D eigenvalue weighted by Crippen LogP contribution is 2.25. The number of halogens is 1. The molecule has 0 unspecified atom stereocenters. The maximum absolute atomic E-state index is 12.9. The van der Waals surface area contributed by atoms with Crippen molar-refractivity contribution in [3.05, 3.63) is 41.2 Å². The van der Waals surface area contributed by atoms with Gasteiger partial charge in [-0.15, -0.1) is 11.3 Å². The number of carbonyl (C=O) groups excluding carboxylic acids is 1. The summed E-state index contributed by atoms with van der Waals surface area (Å²) < 4.78 is 17.9. The zero-order valence-corrected chi connectivity index (χ0v) is 11.3. The van der Waals surface area contributed by atoms with E-state index in [2.05, 4.69) is 15.5 Å². The summed E-state index contributed by atoms with van der Waals surface area (Å²) in [5.74, 6) is -0.285. The largest absolute Gasteiger partial charge is 0.439 e. The third-order valence-electron chi connectivity index (χ3n) is 2.79. The summed E-state index contributed by atoms with van der Waals surface area (Å²) in [7, 11) is 0. The Labute approximate surface area is 118 Å². The van der Waals surface area contributed by atoms with Gasteiger partial charge in [-0.05, 0) is 31.2 Å². The number of cyclic esters (lactones) is 1. The second-order valence-electron chi connectivity index (χ2n) is 4.20. The van der Waals surface area contributed by atoms with Gasteiger partial charge in [0.2, 0.25) is 0 Å². The van der Waals surface area contributed by atoms with Gasteiger partial charge in [-0.25, -0.2) is 19.6 Å². The molecule has 0 bridgehead atoms. The average Bonchev–Trinajstić information content (AvgIpc) is 2.89. The predicted octanol–water partition coefficient (Wildman–Crippen LogP) is 2.78. The van der Waals surface area contributed by atoms with E-state index in [-0.39, 0.29) is 5.82 Å². The van der Waals surface area contributed by atoms with E-state index in [0.717, 1.165) is 10.6 Å². The van der Waals surface area contributed by atoms with E-state index < -0.39 is 12.2 Å². The van der Waals surface area contributed by atoms with E-state index in [1.54, 1.807) is 19.1 Å². The lowest BCUT2D eigenvalue weighted by Gasteiger charge is -2.18. The van der Waals surface area contributed by atoms with E-state index in [9.17, 15) is 9.18 Å². The van der Waals surface area contributed by atoms with Gasteiger partial charge in [-0.1, -0.05) is 0 Å². The van der Waals surface area contributed by atoms with Crippen molar-refractivity contribution in [1.29, 1.82) is 0 Å². The molecular weight excluding hydrogens is 281 g/mol. The van der Waals surface area contributed by atoms with Crippen LogP contribution in [0.4, 0.5) is 9.18 Å². The number of hydrogen-bond donors (Lipinski definition) is 1. The van der Waals surface area contributed by atoms with Gasteiger partial charge in [0.05, 0.1) is 0 Å². The molecule has 0 aliphatic carbocycles. The molecule has 7 heteroatoms. The van der Waals surface area contributed by atoms with E-state index in [0.29, 0.717) is 11.4 Å². The molecule has 0 fully saturated rings. The number of hydrazone groups is 1. The van der Waals surface area contributed by atoms with Crippen molar-refractivity contribution in [2.24, 2.45) is 5.10 Å². The highest BCUT2D eigenvalue weighted by molar-refractivity contribution is 7.13. The van der Waals surface area contributed by atoms with Crippen molar-refractivity contribution in [2.75, 3.05) is 0 Å². The van der Waals surface area contributed by atoms with Gasteiger partial charge >= 0.3 is 6.09 Å². The van der Waals surface area contributed by atoms with Crippen molar-refractivity contribution in [3.8, 4) is 10.6 Å². The Kier molecular flexibility index (Phi) is 3.19. The number of carbonyl (C=O) groups is 1. The third-order valence-corrected chi connectivity index (χ3v) is 3.69. The van der Waals surface area contributed by atoms with Gasteiger partial charge in [0.25, 0.3) is 0 Å². The highest BCUT2D eigenvalue weighted by atomic mass is 32.1. The number of thiazole rings is 1. The van der Waals surface area contributed by atoms with E-state index in [1.807, 2.05) is 5.38 Å². The number of rotatable bonds is 2. The normalized spacial score (nSPS) is 18.2. The quantitative estimate of drug-likeness (QED) is 0.925. The molecule has 0 radical (unpaired) electrons. The number of ether oxygens (including phenoxy) is 1. The fraction of sp³-hybridized carbons (Fsp3) is 0.154. The molecule has 1 atom stereocenters. The Morgan fingerprint density at radius 1 is 1.35 bits per heavy atom. The van der Waals surface area contributed by atoms with Crippen LogP contribution in [0.15, 0.2) is 34.7 Å². The Morgan fingerprint density at radius 3 is 2.80 bits per heavy atom. The van der Waals surface area contributed by atoms with Crippen LogP contribution in [-0.4, -0.2) is 22.9 Å². The minimum Gasteiger partial charge on any atom is -0.439 e. The fourth-order valence-corrected chi connectivity index (χ4v) is 2.64. The van der Waals surface area contributed by atoms with Gasteiger partial charge in [-0.2, -0.15) is 5.10 Å². The van der Waals surface area contributed by atoms with Gasteiger partial charge in [0, 0.05) is 10.9 Å². The van der Waals surface area contributed by atoms with Crippen molar-refractivity contribution in [3.63, 3.8) is 0 Å². The summed E-state index contributed by atoms with van der Waals surface area (Å²) in [5.41, 5.74) is 4.29. The highest BCUT2D eigenvalue weighted by Gasteiger charge is 2.24. The smallest absolute Gasteiger partial charge is 0.428 e. The van der Waals surface area contributed by atoms with Crippen molar-refractivity contribution < 1.29 is 13.9 Å². The van der Waals surface area contributed by atoms with Gasteiger partial charge in [0.1, 0.15) is 28.3 Å². The second kappa shape index (κ2) is 5.01. The monoisotopic (exact) mass is 291 g/mol. The molecule has 2 aromatic rings. The first kappa shape index (κ1) is 12.7. The molecule has 1 aromatic heterocycles. The lowest BCUT2D eigenvalue weighted by Crippen LogP contribution is -2.37. The lowest BCUT2D eigenvalue weighted by molar-refractivity contribution is 0.127. The Hall–Kier alpha value is -2.28. The summed E-state index contributed by atoms with van der Waals surface area (Å²) in [5, 5.41) is 6.54. The van der Waals surface area contributed by atoms with Gasteiger partial charge in [-0.3, -0.25) is 0 Å². The molecule has 1 aromatic carbocycles. The van der Waals surface area contributed by atoms with Crippen LogP contribution < -0.4 is 5.43 Å². The molecule has 2 heterocycles. The zero-order chi connectivity index (χ0) is 14.1. The standard InChI is InChI=1S/C13H10FN3O2S/c1-7-11(16-17-13(18)19-7)10-6-20-12(15-10)8-2-4-9(14)5-3-8/h2-7H,1H3,(H,17,18)/t7-/m0/s1. The first-order valence-electron chi connectivity index (χ1n) is 5.89. The number of nitrogens with one attached hydrogen (secondary N) is 1. The summed E-state index contributed by atoms with van der Waals surface area (Å²) in [6.45, 7) is 1.73. The second-order valence-corrected chi connectivity index (χ2v) is 5.06. The maximum atomic E-state index is 12.9. The molecule has 0 saturated carbocycles. The predicted molar refractivity (Wildman–Crippen MR) is 73.1 cm³/mol. The summed E-state index contributed by atoms with van der Waals surface area (Å²) in [6, 6.07) is 6.12. The number of aromatic nitrogens is 1. The first-order chi connectivity index (χ1) is 9.63. The van der Waals surface area contributed by atoms with Crippen LogP contribution in [0.2, 0.25) is 0 Å². The minimum absolute atomic E-state index is 0.285. The van der Waals surface area contributed by atoms with Crippen LogP contribution in [0.3, 0.4) is 0 Å². The third kappa shape index (κ3) is 2.39. The number of hydrogen-bond acceptors (Lipinski definition) is 5. The minimum atomic E-state index is -0.574. The molecule has 5 nitrogen and oxygen atoms in total. The molecule has 1 aliphatic rings. The first-order valence-corrected chi connectivity index (χ1v) is 6.77. The summed E-state index contributed by atoms with van der Waals surface area (Å²) in [6.07, 6.45) is -1.03. The molecule has 1 aliphatic heterocycles. The maximum Gasteiger partial charge on any atom is 0.428 e. The molecular formula is C13H10FN3O2S. The van der Waals surface area contributed by atoms with Gasteiger partial charge in [0.15, 0.2) is 0 Å². The molecule has 0 spiro atoms. The molecule has 1 N–H and O–H groups in total. The summed E-state index contributed by atoms with van der Waals surface area (Å²) in [4.78, 5) is 15.5. The molecule has 20 heavy (non-hydrogen) atoms. The van der Waals surface area contributed by atoms with Crippen molar-refractivity contribution in [1.82, 2.24) is 10.4 Å². The summed E-state index contributed by atoms with van der Waals surface area (Å²) >= 11 is 1.42. The van der Waals surface area contributed by atoms with E-state index in [1.165, 1.54) is 23.5 Å². The number of nitrogens with zero attached hydrogens (tertiary/aromatic N) is 2. The van der Waals surface area contributed by atoms with E-state index >= 15 is 0 Å². The molecule has 3 rings (SSSR count). The van der Waals surface area contributed by atoms with Gasteiger partial charge < -0.3 is 4.74 Å². The molecule has 102 valence electrons. The molecule has 1 amide bonds. The number of amides is 1. The van der Waals surface area contributed by atoms with Crippen molar-refractivity contribution in [2.45, 2.75) is 13.0 Å². The van der Waals surface area contributed by atoms with Crippen LogP contribution in [0.5, 0.6) is 0 Å². The number of benzene rings is 1. The SMILES string of the molecule is C[C@@H]1OC(=O)NN=C1c1csc(-c2ccc(F)cc2)n1. The van der Waals surface area contributed by atoms with Crippen LogP contribution >= 0.6 is 11.3 Å². The fourth-order valence-electron chi connectivity index (χ4n) is 1.82. The van der Waals surface area contributed by atoms with Crippen LogP contribution in [-0.2, 0) is 4.74 Å². The molecule has 0 saturated heterocycles. The Balaban J connectivity index is 1.90. The lowest BCUT2D eigenvalue weighted by atomic mass is 10.2. The zero-order valence-electron chi connectivity index (χ0n) is 10.5. The van der Waals surface area contributed by atoms with Crippen LogP contribution in [0, 0.1) is 5.82 Å². The van der Waals surface area contributed by atoms with Crippen LogP contribution in [0.25, 0.3) is 10.6 Å². The Bertz CT molecular complexity index is 681. The van der Waals surface area contributed by atoms with Crippen molar-refractivity contribution >= 4 is 23.1 Å². The van der Waals surface area contributed by atoms with Crippen LogP contribution in [0.1, 0.15) is 12.6 Å².